The number of ether oxygens (including phenoxy) is 1. The number of methoxy groups -OCH3 is 1. The molecular formula is C21H30N2O4. The molecule has 2 fully saturated rings. The van der Waals surface area contributed by atoms with Crippen molar-refractivity contribution < 1.29 is 19.4 Å². The average molecular weight is 374 g/mol. The Kier molecular flexibility index (Phi) is 6.05. The summed E-state index contributed by atoms with van der Waals surface area (Å²) < 4.78 is 5.25. The topological polar surface area (TPSA) is 70.1 Å². The number of hydrogen-bond acceptors (Lipinski definition) is 4. The summed E-state index contributed by atoms with van der Waals surface area (Å²) in [6.07, 6.45) is 4.83. The van der Waals surface area contributed by atoms with Gasteiger partial charge in [-0.2, -0.15) is 0 Å². The Labute approximate surface area is 161 Å². The number of carboxylic acid groups (broad SMARTS) is 1. The fourth-order valence-electron chi connectivity index (χ4n) is 4.23. The molecule has 0 saturated carbocycles. The molecule has 2 heterocycles. The largest absolute Gasteiger partial charge is 0.497 e. The highest BCUT2D eigenvalue weighted by atomic mass is 16.5. The molecule has 0 aromatic heterocycles. The van der Waals surface area contributed by atoms with E-state index in [9.17, 15) is 14.7 Å². The van der Waals surface area contributed by atoms with E-state index in [4.69, 9.17) is 4.74 Å². The third kappa shape index (κ3) is 4.43. The van der Waals surface area contributed by atoms with E-state index in [0.717, 1.165) is 43.5 Å². The van der Waals surface area contributed by atoms with Gasteiger partial charge in [0.1, 0.15) is 5.75 Å². The number of carbonyl (C=O) groups excluding carboxylic acids is 1. The van der Waals surface area contributed by atoms with E-state index in [2.05, 4.69) is 0 Å². The van der Waals surface area contributed by atoms with Crippen LogP contribution in [0.2, 0.25) is 0 Å². The van der Waals surface area contributed by atoms with Crippen LogP contribution in [0.15, 0.2) is 24.3 Å². The van der Waals surface area contributed by atoms with Crippen LogP contribution in [0.3, 0.4) is 0 Å². The molecule has 3 rings (SSSR count). The predicted octanol–water partition coefficient (Wildman–Crippen LogP) is 2.94. The summed E-state index contributed by atoms with van der Waals surface area (Å²) in [4.78, 5) is 28.6. The van der Waals surface area contributed by atoms with Gasteiger partial charge in [0.25, 0.3) is 0 Å². The average Bonchev–Trinajstić information content (AvgIpc) is 2.89. The van der Waals surface area contributed by atoms with E-state index in [1.807, 2.05) is 34.1 Å². The van der Waals surface area contributed by atoms with Crippen molar-refractivity contribution in [1.29, 1.82) is 0 Å². The van der Waals surface area contributed by atoms with Gasteiger partial charge in [0.05, 0.1) is 25.1 Å². The zero-order valence-corrected chi connectivity index (χ0v) is 16.3. The van der Waals surface area contributed by atoms with Crippen LogP contribution in [0.1, 0.15) is 50.6 Å². The zero-order valence-electron chi connectivity index (χ0n) is 16.3. The lowest BCUT2D eigenvalue weighted by Crippen LogP contribution is -2.42. The van der Waals surface area contributed by atoms with Crippen LogP contribution >= 0.6 is 0 Å². The number of carbonyl (C=O) groups is 2. The molecule has 0 aliphatic carbocycles. The number of aliphatic carboxylic acids is 1. The van der Waals surface area contributed by atoms with Gasteiger partial charge in [-0.05, 0) is 50.4 Å². The minimum absolute atomic E-state index is 0.0827. The fraction of sp³-hybridized carbons (Fsp3) is 0.619. The van der Waals surface area contributed by atoms with Crippen LogP contribution in [0.25, 0.3) is 0 Å². The predicted molar refractivity (Wildman–Crippen MR) is 103 cm³/mol. The second-order valence-corrected chi connectivity index (χ2v) is 8.05. The number of rotatable bonds is 5. The summed E-state index contributed by atoms with van der Waals surface area (Å²) in [6.45, 7) is 3.94. The Bertz CT molecular complexity index is 675. The molecule has 27 heavy (non-hydrogen) atoms. The van der Waals surface area contributed by atoms with E-state index in [0.29, 0.717) is 26.1 Å². The lowest BCUT2D eigenvalue weighted by molar-refractivity contribution is -0.147. The lowest BCUT2D eigenvalue weighted by Gasteiger charge is -2.32. The number of amides is 1. The van der Waals surface area contributed by atoms with Crippen molar-refractivity contribution in [1.82, 2.24) is 9.80 Å². The van der Waals surface area contributed by atoms with Crippen LogP contribution < -0.4 is 4.74 Å². The molecule has 1 aromatic rings. The van der Waals surface area contributed by atoms with E-state index in [1.54, 1.807) is 14.0 Å². The molecule has 6 heteroatoms. The molecule has 6 nitrogen and oxygen atoms in total. The Morgan fingerprint density at radius 2 is 1.93 bits per heavy atom. The summed E-state index contributed by atoms with van der Waals surface area (Å²) in [6, 6.07) is 8.07. The second kappa shape index (κ2) is 8.30. The first-order chi connectivity index (χ1) is 12.9. The molecule has 1 amide bonds. The first-order valence-electron chi connectivity index (χ1n) is 9.82. The summed E-state index contributed by atoms with van der Waals surface area (Å²) in [5.74, 6) is 0.144. The maximum Gasteiger partial charge on any atom is 0.310 e. The van der Waals surface area contributed by atoms with Crippen molar-refractivity contribution in [3.63, 3.8) is 0 Å². The van der Waals surface area contributed by atoms with E-state index < -0.39 is 11.4 Å². The standard InChI is InChI=1S/C21H30N2O4/c1-21(20(25)26)11-13-22(15-21)14-19(24)23-12-5-3-4-6-18(23)16-7-9-17(27-2)10-8-16/h7-10,18H,3-6,11-15H2,1-2H3,(H,25,26). The molecule has 1 aromatic carbocycles. The lowest BCUT2D eigenvalue weighted by atomic mass is 9.90. The van der Waals surface area contributed by atoms with Crippen LogP contribution in [-0.4, -0.2) is 60.1 Å². The molecule has 148 valence electrons. The van der Waals surface area contributed by atoms with Gasteiger partial charge >= 0.3 is 5.97 Å². The number of benzene rings is 1. The van der Waals surface area contributed by atoms with Gasteiger partial charge in [0, 0.05) is 13.1 Å². The normalized spacial score (nSPS) is 26.6. The molecule has 0 radical (unpaired) electrons. The Morgan fingerprint density at radius 1 is 1.19 bits per heavy atom. The molecular weight excluding hydrogens is 344 g/mol. The molecule has 0 spiro atoms. The van der Waals surface area contributed by atoms with Crippen LogP contribution in [0.4, 0.5) is 0 Å². The molecule has 0 bridgehead atoms. The monoisotopic (exact) mass is 374 g/mol. The van der Waals surface area contributed by atoms with Crippen LogP contribution in [-0.2, 0) is 9.59 Å². The number of nitrogens with zero attached hydrogens (tertiary/aromatic N) is 2. The Hall–Kier alpha value is -2.08. The van der Waals surface area contributed by atoms with E-state index in [-0.39, 0.29) is 11.9 Å². The third-order valence-corrected chi connectivity index (χ3v) is 6.00. The number of carboxylic acids is 1. The van der Waals surface area contributed by atoms with Crippen LogP contribution in [0.5, 0.6) is 5.75 Å². The molecule has 2 atom stereocenters. The molecule has 2 unspecified atom stereocenters. The Morgan fingerprint density at radius 3 is 2.56 bits per heavy atom. The van der Waals surface area contributed by atoms with Crippen LogP contribution in [0, 0.1) is 5.41 Å². The first-order valence-corrected chi connectivity index (χ1v) is 9.82. The fourth-order valence-corrected chi connectivity index (χ4v) is 4.23. The SMILES string of the molecule is COc1ccc(C2CCCCCN2C(=O)CN2CCC(C)(C(=O)O)C2)cc1. The smallest absolute Gasteiger partial charge is 0.310 e. The van der Waals surface area contributed by atoms with Gasteiger partial charge in [0.15, 0.2) is 0 Å². The highest BCUT2D eigenvalue weighted by Gasteiger charge is 2.41. The van der Waals surface area contributed by atoms with Gasteiger partial charge in [-0.1, -0.05) is 25.0 Å². The zero-order chi connectivity index (χ0) is 19.4. The van der Waals surface area contributed by atoms with Gasteiger partial charge in [-0.3, -0.25) is 14.5 Å². The minimum Gasteiger partial charge on any atom is -0.497 e. The van der Waals surface area contributed by atoms with Gasteiger partial charge in [0.2, 0.25) is 5.91 Å². The van der Waals surface area contributed by atoms with Crippen molar-refractivity contribution in [2.75, 3.05) is 33.3 Å². The van der Waals surface area contributed by atoms with Crippen molar-refractivity contribution in [2.45, 2.75) is 45.1 Å². The molecule has 2 saturated heterocycles. The quantitative estimate of drug-likeness (QED) is 0.858. The maximum atomic E-state index is 13.1. The van der Waals surface area contributed by atoms with E-state index in [1.165, 1.54) is 0 Å². The minimum atomic E-state index is -0.775. The molecule has 2 aliphatic heterocycles. The highest BCUT2D eigenvalue weighted by Crippen LogP contribution is 2.33. The molecule has 1 N–H and O–H groups in total. The third-order valence-electron chi connectivity index (χ3n) is 6.00. The number of likely N-dealkylation sites (tertiary alicyclic amines) is 2. The van der Waals surface area contributed by atoms with E-state index >= 15 is 0 Å². The first kappa shape index (κ1) is 19.7. The van der Waals surface area contributed by atoms with Crippen molar-refractivity contribution in [2.24, 2.45) is 5.41 Å². The van der Waals surface area contributed by atoms with Gasteiger partial charge in [-0.15, -0.1) is 0 Å². The van der Waals surface area contributed by atoms with Gasteiger partial charge in [-0.25, -0.2) is 0 Å². The second-order valence-electron chi connectivity index (χ2n) is 8.05. The number of hydrogen-bond donors (Lipinski definition) is 1. The summed E-state index contributed by atoms with van der Waals surface area (Å²) in [7, 11) is 1.65. The molecule has 2 aliphatic rings. The van der Waals surface area contributed by atoms with Crippen molar-refractivity contribution in [3.8, 4) is 5.75 Å². The van der Waals surface area contributed by atoms with Gasteiger partial charge < -0.3 is 14.7 Å². The summed E-state index contributed by atoms with van der Waals surface area (Å²) >= 11 is 0. The Balaban J connectivity index is 1.71. The highest BCUT2D eigenvalue weighted by molar-refractivity contribution is 5.79. The van der Waals surface area contributed by atoms with Crippen molar-refractivity contribution >= 4 is 11.9 Å². The summed E-state index contributed by atoms with van der Waals surface area (Å²) in [5, 5.41) is 9.41. The summed E-state index contributed by atoms with van der Waals surface area (Å²) in [5.41, 5.74) is 0.400. The van der Waals surface area contributed by atoms with Crippen molar-refractivity contribution in [3.05, 3.63) is 29.8 Å². The maximum absolute atomic E-state index is 13.1.